The molecule has 2 N–H and O–H groups in total. The summed E-state index contributed by atoms with van der Waals surface area (Å²) >= 11 is 11.1. The molecule has 0 aliphatic carbocycles. The zero-order valence-corrected chi connectivity index (χ0v) is 14.0. The highest BCUT2D eigenvalue weighted by atomic mass is 35.5. The second kappa shape index (κ2) is 8.73. The summed E-state index contributed by atoms with van der Waals surface area (Å²) in [7, 11) is 1.69. The van der Waals surface area contributed by atoms with E-state index in [1.54, 1.807) is 24.2 Å². The van der Waals surface area contributed by atoms with Gasteiger partial charge in [-0.25, -0.2) is 0 Å². The zero-order valence-electron chi connectivity index (χ0n) is 12.4. The van der Waals surface area contributed by atoms with E-state index in [0.717, 1.165) is 30.8 Å². The van der Waals surface area contributed by atoms with Gasteiger partial charge in [0.05, 0.1) is 17.8 Å². The lowest BCUT2D eigenvalue weighted by atomic mass is 10.2. The first kappa shape index (κ1) is 16.7. The molecule has 0 aliphatic heterocycles. The molecule has 1 aromatic carbocycles. The number of hydrogen-bond donors (Lipinski definition) is 2. The van der Waals surface area contributed by atoms with E-state index in [4.69, 9.17) is 28.6 Å². The molecule has 0 aliphatic rings. The maximum Gasteiger partial charge on any atom is 0.170 e. The SMILES string of the molecule is COCCCNC(=S)Nc1cccc(Cn2cc(Cl)cn2)c1. The van der Waals surface area contributed by atoms with Crippen molar-refractivity contribution in [2.75, 3.05) is 25.6 Å². The first-order valence-electron chi connectivity index (χ1n) is 6.98. The first-order chi connectivity index (χ1) is 10.7. The number of hydrogen-bond acceptors (Lipinski definition) is 3. The highest BCUT2D eigenvalue weighted by Gasteiger charge is 2.01. The lowest BCUT2D eigenvalue weighted by Crippen LogP contribution is -2.29. The van der Waals surface area contributed by atoms with Crippen LogP contribution in [0.4, 0.5) is 5.69 Å². The largest absolute Gasteiger partial charge is 0.385 e. The molecule has 0 bridgehead atoms. The Morgan fingerprint density at radius 2 is 2.32 bits per heavy atom. The van der Waals surface area contributed by atoms with Crippen LogP contribution in [0.15, 0.2) is 36.7 Å². The zero-order chi connectivity index (χ0) is 15.8. The van der Waals surface area contributed by atoms with Crippen LogP contribution in [0.3, 0.4) is 0 Å². The van der Waals surface area contributed by atoms with Gasteiger partial charge in [-0.3, -0.25) is 4.68 Å². The predicted molar refractivity (Wildman–Crippen MR) is 93.5 cm³/mol. The summed E-state index contributed by atoms with van der Waals surface area (Å²) in [5, 5.41) is 11.7. The molecule has 118 valence electrons. The van der Waals surface area contributed by atoms with Crippen LogP contribution in [0.25, 0.3) is 0 Å². The average molecular weight is 339 g/mol. The van der Waals surface area contributed by atoms with Crippen LogP contribution in [0.1, 0.15) is 12.0 Å². The molecule has 0 saturated heterocycles. The van der Waals surface area contributed by atoms with E-state index in [-0.39, 0.29) is 0 Å². The molecule has 1 heterocycles. The molecule has 5 nitrogen and oxygen atoms in total. The van der Waals surface area contributed by atoms with E-state index >= 15 is 0 Å². The number of methoxy groups -OCH3 is 1. The Labute approximate surface area is 140 Å². The van der Waals surface area contributed by atoms with Crippen molar-refractivity contribution in [3.05, 3.63) is 47.2 Å². The van der Waals surface area contributed by atoms with Gasteiger partial charge >= 0.3 is 0 Å². The maximum absolute atomic E-state index is 5.87. The Kier molecular flexibility index (Phi) is 6.64. The molecule has 1 aromatic heterocycles. The average Bonchev–Trinajstić information content (AvgIpc) is 2.89. The Hall–Kier alpha value is -1.63. The van der Waals surface area contributed by atoms with Gasteiger partial charge in [-0.1, -0.05) is 23.7 Å². The summed E-state index contributed by atoms with van der Waals surface area (Å²) < 4.78 is 6.79. The van der Waals surface area contributed by atoms with Crippen LogP contribution in [0, 0.1) is 0 Å². The van der Waals surface area contributed by atoms with E-state index < -0.39 is 0 Å². The molecule has 7 heteroatoms. The molecule has 0 spiro atoms. The molecule has 0 saturated carbocycles. The van der Waals surface area contributed by atoms with Crippen molar-refractivity contribution in [3.8, 4) is 0 Å². The van der Waals surface area contributed by atoms with Crippen molar-refractivity contribution >= 4 is 34.6 Å². The molecule has 0 atom stereocenters. The van der Waals surface area contributed by atoms with E-state index in [9.17, 15) is 0 Å². The Bertz CT molecular complexity index is 617. The van der Waals surface area contributed by atoms with Crippen LogP contribution in [-0.2, 0) is 11.3 Å². The maximum atomic E-state index is 5.87. The number of nitrogens with zero attached hydrogens (tertiary/aromatic N) is 2. The van der Waals surface area contributed by atoms with E-state index in [2.05, 4.69) is 15.7 Å². The number of thiocarbonyl (C=S) groups is 1. The number of halogens is 1. The molecule has 0 unspecified atom stereocenters. The second-order valence-electron chi connectivity index (χ2n) is 4.78. The van der Waals surface area contributed by atoms with Gasteiger partial charge in [0, 0.05) is 32.1 Å². The quantitative estimate of drug-likeness (QED) is 0.600. The van der Waals surface area contributed by atoms with Gasteiger partial charge in [0.25, 0.3) is 0 Å². The molecule has 0 radical (unpaired) electrons. The van der Waals surface area contributed by atoms with Crippen LogP contribution < -0.4 is 10.6 Å². The fraction of sp³-hybridized carbons (Fsp3) is 0.333. The number of ether oxygens (including phenoxy) is 1. The third kappa shape index (κ3) is 5.63. The van der Waals surface area contributed by atoms with Crippen molar-refractivity contribution in [1.29, 1.82) is 0 Å². The van der Waals surface area contributed by atoms with Gasteiger partial charge in [0.15, 0.2) is 5.11 Å². The van der Waals surface area contributed by atoms with Gasteiger partial charge in [-0.05, 0) is 36.3 Å². The first-order valence-corrected chi connectivity index (χ1v) is 7.76. The minimum Gasteiger partial charge on any atom is -0.385 e. The smallest absolute Gasteiger partial charge is 0.170 e. The topological polar surface area (TPSA) is 51.1 Å². The van der Waals surface area contributed by atoms with E-state index in [0.29, 0.717) is 16.7 Å². The van der Waals surface area contributed by atoms with Crippen molar-refractivity contribution in [2.24, 2.45) is 0 Å². The van der Waals surface area contributed by atoms with Crippen LogP contribution in [-0.4, -0.2) is 35.2 Å². The van der Waals surface area contributed by atoms with Crippen LogP contribution in [0.2, 0.25) is 5.02 Å². The van der Waals surface area contributed by atoms with Crippen molar-refractivity contribution in [1.82, 2.24) is 15.1 Å². The third-order valence-electron chi connectivity index (χ3n) is 2.94. The minimum atomic E-state index is 0.607. The Morgan fingerprint density at radius 3 is 3.05 bits per heavy atom. The van der Waals surface area contributed by atoms with Crippen LogP contribution >= 0.6 is 23.8 Å². The fourth-order valence-electron chi connectivity index (χ4n) is 1.95. The standard InChI is InChI=1S/C15H19ClN4OS/c1-21-7-3-6-17-15(22)19-14-5-2-4-12(8-14)10-20-11-13(16)9-18-20/h2,4-5,8-9,11H,3,6-7,10H2,1H3,(H2,17,19,22). The summed E-state index contributed by atoms with van der Waals surface area (Å²) in [6, 6.07) is 8.04. The highest BCUT2D eigenvalue weighted by molar-refractivity contribution is 7.80. The summed E-state index contributed by atoms with van der Waals surface area (Å²) in [5.74, 6) is 0. The molecular weight excluding hydrogens is 320 g/mol. The van der Waals surface area contributed by atoms with Crippen molar-refractivity contribution < 1.29 is 4.74 Å². The lowest BCUT2D eigenvalue weighted by molar-refractivity contribution is 0.196. The summed E-state index contributed by atoms with van der Waals surface area (Å²) in [4.78, 5) is 0. The summed E-state index contributed by atoms with van der Waals surface area (Å²) in [5.41, 5.74) is 2.06. The third-order valence-corrected chi connectivity index (χ3v) is 3.38. The second-order valence-corrected chi connectivity index (χ2v) is 5.63. The number of nitrogens with one attached hydrogen (secondary N) is 2. The van der Waals surface area contributed by atoms with Crippen molar-refractivity contribution in [3.63, 3.8) is 0 Å². The molecule has 0 amide bonds. The minimum absolute atomic E-state index is 0.607. The molecule has 2 rings (SSSR count). The monoisotopic (exact) mass is 338 g/mol. The molecular formula is C15H19ClN4OS. The van der Waals surface area contributed by atoms with Crippen LogP contribution in [0.5, 0.6) is 0 Å². The van der Waals surface area contributed by atoms with Gasteiger partial charge in [-0.15, -0.1) is 0 Å². The number of benzene rings is 1. The Morgan fingerprint density at radius 1 is 1.45 bits per heavy atom. The van der Waals surface area contributed by atoms with Gasteiger partial charge in [0.2, 0.25) is 0 Å². The van der Waals surface area contributed by atoms with Gasteiger partial charge in [0.1, 0.15) is 0 Å². The molecule has 0 fully saturated rings. The molecule has 22 heavy (non-hydrogen) atoms. The Balaban J connectivity index is 1.86. The lowest BCUT2D eigenvalue weighted by Gasteiger charge is -2.11. The fourth-order valence-corrected chi connectivity index (χ4v) is 2.33. The number of rotatable bonds is 7. The summed E-state index contributed by atoms with van der Waals surface area (Å²) in [6.45, 7) is 2.17. The molecule has 2 aromatic rings. The number of anilines is 1. The highest BCUT2D eigenvalue weighted by Crippen LogP contribution is 2.13. The number of aromatic nitrogens is 2. The van der Waals surface area contributed by atoms with Gasteiger partial charge in [-0.2, -0.15) is 5.10 Å². The summed E-state index contributed by atoms with van der Waals surface area (Å²) in [6.07, 6.45) is 4.34. The predicted octanol–water partition coefficient (Wildman–Crippen LogP) is 2.91. The normalized spacial score (nSPS) is 10.5. The van der Waals surface area contributed by atoms with Crippen molar-refractivity contribution in [2.45, 2.75) is 13.0 Å². The van der Waals surface area contributed by atoms with E-state index in [1.165, 1.54) is 0 Å². The van der Waals surface area contributed by atoms with E-state index in [1.807, 2.05) is 24.3 Å². The van der Waals surface area contributed by atoms with Gasteiger partial charge < -0.3 is 15.4 Å².